The van der Waals surface area contributed by atoms with E-state index in [1.54, 1.807) is 24.3 Å². The van der Waals surface area contributed by atoms with Gasteiger partial charge in [-0.1, -0.05) is 48.2 Å². The number of aromatic amines is 1. The van der Waals surface area contributed by atoms with E-state index >= 15 is 0 Å². The minimum atomic E-state index is -0.644. The number of azo groups is 1. The number of fused-ring (bicyclic) bond motifs is 1. The summed E-state index contributed by atoms with van der Waals surface area (Å²) in [5.74, 6) is -0.816. The van der Waals surface area contributed by atoms with Crippen LogP contribution in [0, 0.1) is 0 Å². The number of hydrogen-bond donors (Lipinski definition) is 3. The minimum Gasteiger partial charge on any atom is -0.493 e. The number of amides is 2. The van der Waals surface area contributed by atoms with Crippen LogP contribution in [0.25, 0.3) is 10.9 Å². The molecule has 1 aliphatic heterocycles. The van der Waals surface area contributed by atoms with E-state index in [-0.39, 0.29) is 29.1 Å². The van der Waals surface area contributed by atoms with E-state index in [0.717, 1.165) is 17.3 Å². The van der Waals surface area contributed by atoms with E-state index in [0.29, 0.717) is 11.1 Å². The zero-order valence-corrected chi connectivity index (χ0v) is 15.3. The molecule has 1 aromatic heterocycles. The van der Waals surface area contributed by atoms with Crippen LogP contribution in [0.3, 0.4) is 0 Å². The Morgan fingerprint density at radius 1 is 1.14 bits per heavy atom. The largest absolute Gasteiger partial charge is 0.493 e. The molecule has 2 amide bonds. The van der Waals surface area contributed by atoms with Crippen molar-refractivity contribution in [1.29, 1.82) is 0 Å². The second kappa shape index (κ2) is 7.65. The van der Waals surface area contributed by atoms with Crippen molar-refractivity contribution in [3.8, 4) is 5.88 Å². The molecule has 28 heavy (non-hydrogen) atoms. The molecule has 0 spiro atoms. The molecule has 0 radical (unpaired) electrons. The molecule has 0 saturated heterocycles. The molecular weight excluding hydrogens is 378 g/mol. The van der Waals surface area contributed by atoms with Gasteiger partial charge in [0.2, 0.25) is 17.0 Å². The molecular formula is C19H15N5O3S. The maximum absolute atomic E-state index is 12.1. The van der Waals surface area contributed by atoms with Gasteiger partial charge in [0, 0.05) is 17.5 Å². The molecule has 0 aliphatic carbocycles. The Morgan fingerprint density at radius 3 is 2.71 bits per heavy atom. The molecule has 0 unspecified atom stereocenters. The number of aliphatic imine (C=N–C) groups is 1. The number of para-hydroxylation sites is 2. The predicted octanol–water partition coefficient (Wildman–Crippen LogP) is 3.98. The molecule has 8 nitrogen and oxygen atoms in total. The number of nitrogens with one attached hydrogen (secondary N) is 2. The van der Waals surface area contributed by atoms with Crippen molar-refractivity contribution in [3.05, 3.63) is 54.6 Å². The smallest absolute Gasteiger partial charge is 0.262 e. The van der Waals surface area contributed by atoms with Crippen molar-refractivity contribution in [3.63, 3.8) is 0 Å². The first-order valence-electron chi connectivity index (χ1n) is 8.45. The number of rotatable bonds is 4. The van der Waals surface area contributed by atoms with Gasteiger partial charge in [-0.3, -0.25) is 9.59 Å². The number of aromatic hydroxyl groups is 1. The van der Waals surface area contributed by atoms with E-state index < -0.39 is 11.2 Å². The summed E-state index contributed by atoms with van der Waals surface area (Å²) in [4.78, 5) is 30.9. The van der Waals surface area contributed by atoms with Crippen LogP contribution >= 0.6 is 11.8 Å². The van der Waals surface area contributed by atoms with Crippen LogP contribution in [0.1, 0.15) is 6.42 Å². The van der Waals surface area contributed by atoms with Gasteiger partial charge in [0.1, 0.15) is 5.25 Å². The van der Waals surface area contributed by atoms with Crippen molar-refractivity contribution in [2.75, 3.05) is 5.32 Å². The monoisotopic (exact) mass is 393 g/mol. The zero-order valence-electron chi connectivity index (χ0n) is 14.5. The summed E-state index contributed by atoms with van der Waals surface area (Å²) in [5.41, 5.74) is 1.66. The van der Waals surface area contributed by atoms with Gasteiger partial charge in [0.25, 0.3) is 5.91 Å². The Labute approximate surface area is 163 Å². The van der Waals surface area contributed by atoms with Crippen molar-refractivity contribution in [2.24, 2.45) is 15.2 Å². The van der Waals surface area contributed by atoms with Crippen molar-refractivity contribution in [1.82, 2.24) is 4.98 Å². The highest BCUT2D eigenvalue weighted by molar-refractivity contribution is 8.15. The van der Waals surface area contributed by atoms with Gasteiger partial charge in [-0.05, 0) is 18.2 Å². The number of nitrogens with zero attached hydrogens (tertiary/aromatic N) is 3. The van der Waals surface area contributed by atoms with E-state index in [9.17, 15) is 14.7 Å². The third-order valence-electron chi connectivity index (χ3n) is 4.05. The van der Waals surface area contributed by atoms with E-state index in [1.807, 2.05) is 30.3 Å². The third-order valence-corrected chi connectivity index (χ3v) is 5.09. The molecule has 1 aliphatic rings. The first-order valence-corrected chi connectivity index (χ1v) is 9.33. The topological polar surface area (TPSA) is 119 Å². The van der Waals surface area contributed by atoms with Crippen LogP contribution in [0.5, 0.6) is 5.88 Å². The van der Waals surface area contributed by atoms with Gasteiger partial charge >= 0.3 is 0 Å². The van der Waals surface area contributed by atoms with Gasteiger partial charge in [0.05, 0.1) is 5.52 Å². The summed E-state index contributed by atoms with van der Waals surface area (Å²) in [6.07, 6.45) is -0.0146. The molecule has 9 heteroatoms. The minimum absolute atomic E-state index is 0.0146. The highest BCUT2D eigenvalue weighted by Crippen LogP contribution is 2.36. The first kappa shape index (κ1) is 17.9. The summed E-state index contributed by atoms with van der Waals surface area (Å²) in [5, 5.41) is 21.0. The maximum atomic E-state index is 12.1. The number of anilines is 1. The van der Waals surface area contributed by atoms with Crippen LogP contribution in [-0.2, 0) is 9.59 Å². The normalized spacial score (nSPS) is 16.6. The van der Waals surface area contributed by atoms with Crippen LogP contribution < -0.4 is 5.32 Å². The van der Waals surface area contributed by atoms with Crippen LogP contribution in [0.2, 0.25) is 0 Å². The molecule has 3 N–H and O–H groups in total. The lowest BCUT2D eigenvalue weighted by atomic mass is 10.2. The fraction of sp³-hybridized carbons (Fsp3) is 0.105. The highest BCUT2D eigenvalue weighted by atomic mass is 32.2. The lowest BCUT2D eigenvalue weighted by Crippen LogP contribution is -2.21. The Kier molecular flexibility index (Phi) is 4.90. The molecule has 0 fully saturated rings. The lowest BCUT2D eigenvalue weighted by molar-refractivity contribution is -0.121. The zero-order chi connectivity index (χ0) is 19.5. The fourth-order valence-corrected chi connectivity index (χ4v) is 3.63. The number of thioether (sulfide) groups is 1. The van der Waals surface area contributed by atoms with Gasteiger partial charge in [0.15, 0.2) is 5.69 Å². The standard InChI is InChI=1S/C19H15N5O3S/c25-15(20-11-6-2-1-3-7-11)10-14-17(26)22-19(28-14)24-23-16-12-8-4-5-9-13(12)21-18(16)27/h1-9,14,21,27H,10H2,(H,20,25)/t14-/m0/s1. The van der Waals surface area contributed by atoms with E-state index in [2.05, 4.69) is 25.5 Å². The molecule has 0 bridgehead atoms. The van der Waals surface area contributed by atoms with Gasteiger partial charge in [-0.2, -0.15) is 4.99 Å². The molecule has 3 aromatic rings. The summed E-state index contributed by atoms with van der Waals surface area (Å²) >= 11 is 1.08. The number of carbonyl (C=O) groups is 2. The van der Waals surface area contributed by atoms with Gasteiger partial charge in [-0.25, -0.2) is 0 Å². The summed E-state index contributed by atoms with van der Waals surface area (Å²) < 4.78 is 0. The molecule has 1 atom stereocenters. The number of amidine groups is 1. The summed E-state index contributed by atoms with van der Waals surface area (Å²) in [6.45, 7) is 0. The molecule has 0 saturated carbocycles. The van der Waals surface area contributed by atoms with Crippen molar-refractivity contribution < 1.29 is 14.7 Å². The Balaban J connectivity index is 1.41. The first-order chi connectivity index (χ1) is 13.6. The van der Waals surface area contributed by atoms with Crippen molar-refractivity contribution in [2.45, 2.75) is 11.7 Å². The van der Waals surface area contributed by atoms with Crippen LogP contribution in [0.15, 0.2) is 69.8 Å². The maximum Gasteiger partial charge on any atom is 0.262 e. The summed E-state index contributed by atoms with van der Waals surface area (Å²) in [6, 6.07) is 16.3. The van der Waals surface area contributed by atoms with E-state index in [4.69, 9.17) is 0 Å². The SMILES string of the molecule is O=C(C[C@@H]1SC(N=Nc2c(O)[nH]c3ccccc23)=NC1=O)Nc1ccccc1. The van der Waals surface area contributed by atoms with Crippen LogP contribution in [0.4, 0.5) is 11.4 Å². The Bertz CT molecular complexity index is 1110. The van der Waals surface area contributed by atoms with Gasteiger partial charge < -0.3 is 15.4 Å². The second-order valence-electron chi connectivity index (χ2n) is 6.03. The molecule has 4 rings (SSSR count). The molecule has 2 heterocycles. The Morgan fingerprint density at radius 2 is 1.89 bits per heavy atom. The number of carbonyl (C=O) groups excluding carboxylic acids is 2. The Hall–Kier alpha value is -3.46. The fourth-order valence-electron chi connectivity index (χ4n) is 2.75. The van der Waals surface area contributed by atoms with Crippen LogP contribution in [-0.4, -0.2) is 32.3 Å². The molecule has 2 aromatic carbocycles. The predicted molar refractivity (Wildman–Crippen MR) is 108 cm³/mol. The number of H-pyrrole nitrogens is 1. The second-order valence-corrected chi connectivity index (χ2v) is 7.20. The van der Waals surface area contributed by atoms with Gasteiger partial charge in [-0.15, -0.1) is 10.2 Å². The quantitative estimate of drug-likeness (QED) is 0.581. The highest BCUT2D eigenvalue weighted by Gasteiger charge is 2.30. The average Bonchev–Trinajstić information content (AvgIpc) is 3.19. The summed E-state index contributed by atoms with van der Waals surface area (Å²) in [7, 11) is 0. The number of hydrogen-bond acceptors (Lipinski definition) is 6. The van der Waals surface area contributed by atoms with E-state index in [1.165, 1.54) is 0 Å². The third kappa shape index (κ3) is 3.79. The lowest BCUT2D eigenvalue weighted by Gasteiger charge is -2.07. The molecule has 140 valence electrons. The van der Waals surface area contributed by atoms with Crippen molar-refractivity contribution >= 4 is 51.0 Å². The average molecular weight is 393 g/mol. The number of aromatic nitrogens is 1. The number of benzene rings is 2.